The third kappa shape index (κ3) is 4.50. The van der Waals surface area contributed by atoms with Gasteiger partial charge in [0.15, 0.2) is 0 Å². The summed E-state index contributed by atoms with van der Waals surface area (Å²) in [7, 11) is 0. The molecule has 1 aromatic heterocycles. The van der Waals surface area contributed by atoms with E-state index in [2.05, 4.69) is 21.7 Å². The second-order valence-corrected chi connectivity index (χ2v) is 7.34. The number of anilines is 1. The van der Waals surface area contributed by atoms with Crippen LogP contribution in [0.15, 0.2) is 78.9 Å². The number of nitriles is 1. The van der Waals surface area contributed by atoms with Crippen LogP contribution in [0.3, 0.4) is 0 Å². The number of fused-ring (bicyclic) bond motifs is 1. The number of benzene rings is 3. The van der Waals surface area contributed by atoms with E-state index < -0.39 is 6.04 Å². The van der Waals surface area contributed by atoms with E-state index in [1.54, 1.807) is 36.4 Å². The summed E-state index contributed by atoms with van der Waals surface area (Å²) in [6.07, 6.45) is 0. The topological polar surface area (TPSA) is 99.8 Å². The van der Waals surface area contributed by atoms with Gasteiger partial charge in [-0.15, -0.1) is 0 Å². The monoisotopic (exact) mass is 423 g/mol. The molecule has 158 valence electrons. The zero-order valence-corrected chi connectivity index (χ0v) is 17.4. The van der Waals surface area contributed by atoms with E-state index >= 15 is 0 Å². The molecule has 4 aromatic rings. The van der Waals surface area contributed by atoms with Crippen LogP contribution in [0.25, 0.3) is 11.0 Å². The smallest absolute Gasteiger partial charge is 0.251 e. The average molecular weight is 423 g/mol. The molecule has 1 atom stereocenters. The lowest BCUT2D eigenvalue weighted by molar-refractivity contribution is -0.116. The molecule has 0 spiro atoms. The van der Waals surface area contributed by atoms with Gasteiger partial charge in [0, 0.05) is 11.3 Å². The molecule has 0 fully saturated rings. The highest BCUT2D eigenvalue weighted by Crippen LogP contribution is 2.21. The van der Waals surface area contributed by atoms with Crippen molar-refractivity contribution in [1.82, 2.24) is 14.9 Å². The van der Waals surface area contributed by atoms with Gasteiger partial charge in [0.2, 0.25) is 5.91 Å². The van der Waals surface area contributed by atoms with Gasteiger partial charge < -0.3 is 15.2 Å². The summed E-state index contributed by atoms with van der Waals surface area (Å²) in [4.78, 5) is 30.1. The first-order valence-corrected chi connectivity index (χ1v) is 10.2. The van der Waals surface area contributed by atoms with Gasteiger partial charge in [0.25, 0.3) is 5.91 Å². The van der Waals surface area contributed by atoms with Crippen molar-refractivity contribution >= 4 is 28.5 Å². The van der Waals surface area contributed by atoms with Gasteiger partial charge in [-0.25, -0.2) is 4.98 Å². The summed E-state index contributed by atoms with van der Waals surface area (Å²) < 4.78 is 1.81. The number of nitrogens with zero attached hydrogens (tertiary/aromatic N) is 3. The Labute approximate surface area is 185 Å². The highest BCUT2D eigenvalue weighted by Gasteiger charge is 2.20. The number of carbonyl (C=O) groups excluding carboxylic acids is 2. The molecule has 3 aromatic carbocycles. The average Bonchev–Trinajstić information content (AvgIpc) is 3.18. The maximum Gasteiger partial charge on any atom is 0.251 e. The van der Waals surface area contributed by atoms with Crippen molar-refractivity contribution in [2.24, 2.45) is 0 Å². The van der Waals surface area contributed by atoms with Crippen molar-refractivity contribution < 1.29 is 9.59 Å². The second kappa shape index (κ2) is 9.14. The lowest BCUT2D eigenvalue weighted by atomic mass is 10.2. The summed E-state index contributed by atoms with van der Waals surface area (Å²) in [5.74, 6) is 0.143. The van der Waals surface area contributed by atoms with E-state index in [9.17, 15) is 9.59 Å². The fourth-order valence-corrected chi connectivity index (χ4v) is 3.50. The maximum atomic E-state index is 12.8. The zero-order chi connectivity index (χ0) is 22.5. The summed E-state index contributed by atoms with van der Waals surface area (Å²) in [5.41, 5.74) is 3.23. The normalized spacial score (nSPS) is 11.5. The second-order valence-electron chi connectivity index (χ2n) is 7.34. The minimum Gasteiger partial charge on any atom is -0.342 e. The van der Waals surface area contributed by atoms with E-state index in [0.717, 1.165) is 11.0 Å². The van der Waals surface area contributed by atoms with E-state index in [1.165, 1.54) is 0 Å². The summed E-state index contributed by atoms with van der Waals surface area (Å²) in [6.45, 7) is 1.87. The number of carbonyl (C=O) groups is 2. The third-order valence-corrected chi connectivity index (χ3v) is 5.05. The van der Waals surface area contributed by atoms with Gasteiger partial charge >= 0.3 is 0 Å². The number of imidazole rings is 1. The molecule has 0 radical (unpaired) electrons. The molecule has 0 saturated carbocycles. The molecule has 1 heterocycles. The van der Waals surface area contributed by atoms with Crippen molar-refractivity contribution in [2.75, 3.05) is 5.32 Å². The number of hydrogen-bond acceptors (Lipinski definition) is 4. The molecular formula is C25H21N5O2. The number of para-hydroxylation sites is 2. The number of rotatable bonds is 6. The SMILES string of the molecule is CC(NC(=O)c1ccccc1)c1nc2ccccc2n1CC(=O)Nc1ccc(C#N)cc1. The Hall–Kier alpha value is -4.44. The predicted molar refractivity (Wildman–Crippen MR) is 122 cm³/mol. The van der Waals surface area contributed by atoms with Gasteiger partial charge in [-0.05, 0) is 55.5 Å². The van der Waals surface area contributed by atoms with Crippen molar-refractivity contribution in [1.29, 1.82) is 5.26 Å². The Balaban J connectivity index is 1.57. The Morgan fingerprint density at radius 3 is 2.41 bits per heavy atom. The molecule has 32 heavy (non-hydrogen) atoms. The van der Waals surface area contributed by atoms with E-state index in [0.29, 0.717) is 22.6 Å². The maximum absolute atomic E-state index is 12.8. The summed E-state index contributed by atoms with van der Waals surface area (Å²) in [6, 6.07) is 24.8. The van der Waals surface area contributed by atoms with Crippen LogP contribution in [0.2, 0.25) is 0 Å². The Bertz CT molecular complexity index is 1300. The molecule has 0 bridgehead atoms. The largest absolute Gasteiger partial charge is 0.342 e. The van der Waals surface area contributed by atoms with E-state index in [4.69, 9.17) is 5.26 Å². The van der Waals surface area contributed by atoms with Crippen LogP contribution in [0.5, 0.6) is 0 Å². The summed E-state index contributed by atoms with van der Waals surface area (Å²) in [5, 5.41) is 14.7. The molecule has 7 nitrogen and oxygen atoms in total. The van der Waals surface area contributed by atoms with E-state index in [1.807, 2.05) is 54.0 Å². The Kier molecular flexibility index (Phi) is 5.95. The Morgan fingerprint density at radius 1 is 1.00 bits per heavy atom. The van der Waals surface area contributed by atoms with Gasteiger partial charge in [0.05, 0.1) is 28.7 Å². The Morgan fingerprint density at radius 2 is 1.69 bits per heavy atom. The predicted octanol–water partition coefficient (Wildman–Crippen LogP) is 4.04. The summed E-state index contributed by atoms with van der Waals surface area (Å²) >= 11 is 0. The van der Waals surface area contributed by atoms with Crippen molar-refractivity contribution in [2.45, 2.75) is 19.5 Å². The van der Waals surface area contributed by atoms with Crippen LogP contribution in [0.1, 0.15) is 34.7 Å². The minimum atomic E-state index is -0.419. The van der Waals surface area contributed by atoms with Crippen molar-refractivity contribution in [3.8, 4) is 6.07 Å². The number of nitrogens with one attached hydrogen (secondary N) is 2. The molecule has 1 unspecified atom stereocenters. The van der Waals surface area contributed by atoms with Crippen molar-refractivity contribution in [3.63, 3.8) is 0 Å². The fraction of sp³-hybridized carbons (Fsp3) is 0.120. The number of hydrogen-bond donors (Lipinski definition) is 2. The first kappa shape index (κ1) is 20.8. The first-order valence-electron chi connectivity index (χ1n) is 10.2. The molecule has 0 saturated heterocycles. The quantitative estimate of drug-likeness (QED) is 0.489. The minimum absolute atomic E-state index is 0.0292. The third-order valence-electron chi connectivity index (χ3n) is 5.05. The van der Waals surface area contributed by atoms with Crippen molar-refractivity contribution in [3.05, 3.63) is 95.8 Å². The van der Waals surface area contributed by atoms with Crippen LogP contribution < -0.4 is 10.6 Å². The fourth-order valence-electron chi connectivity index (χ4n) is 3.50. The number of aromatic nitrogens is 2. The zero-order valence-electron chi connectivity index (χ0n) is 17.4. The van der Waals surface area contributed by atoms with E-state index in [-0.39, 0.29) is 18.4 Å². The highest BCUT2D eigenvalue weighted by molar-refractivity contribution is 5.94. The molecule has 2 N–H and O–H groups in total. The van der Waals surface area contributed by atoms with Crippen LogP contribution in [-0.2, 0) is 11.3 Å². The number of amides is 2. The molecule has 0 aliphatic rings. The van der Waals surface area contributed by atoms with Gasteiger partial charge in [-0.1, -0.05) is 30.3 Å². The van der Waals surface area contributed by atoms with Crippen LogP contribution in [-0.4, -0.2) is 21.4 Å². The molecule has 0 aliphatic heterocycles. The molecular weight excluding hydrogens is 402 g/mol. The highest BCUT2D eigenvalue weighted by atomic mass is 16.2. The van der Waals surface area contributed by atoms with Gasteiger partial charge in [0.1, 0.15) is 12.4 Å². The lowest BCUT2D eigenvalue weighted by Gasteiger charge is -2.16. The van der Waals surface area contributed by atoms with Crippen LogP contribution in [0, 0.1) is 11.3 Å². The lowest BCUT2D eigenvalue weighted by Crippen LogP contribution is -2.30. The first-order chi connectivity index (χ1) is 15.5. The molecule has 4 rings (SSSR count). The molecule has 2 amide bonds. The van der Waals surface area contributed by atoms with Gasteiger partial charge in [-0.2, -0.15) is 5.26 Å². The standard InChI is InChI=1S/C25H21N5O2/c1-17(27-25(32)19-7-3-2-4-8-19)24-29-21-9-5-6-10-22(21)30(24)16-23(31)28-20-13-11-18(15-26)12-14-20/h2-14,17H,16H2,1H3,(H,27,32)(H,28,31). The molecule has 7 heteroatoms. The van der Waals surface area contributed by atoms with Crippen LogP contribution in [0.4, 0.5) is 5.69 Å². The molecule has 0 aliphatic carbocycles. The van der Waals surface area contributed by atoms with Crippen LogP contribution >= 0.6 is 0 Å². The van der Waals surface area contributed by atoms with Gasteiger partial charge in [-0.3, -0.25) is 9.59 Å².